The Labute approximate surface area is 111 Å². The molecule has 0 bridgehead atoms. The summed E-state index contributed by atoms with van der Waals surface area (Å²) in [6.45, 7) is 3.09. The lowest BCUT2D eigenvalue weighted by atomic mass is 10.2. The van der Waals surface area contributed by atoms with Gasteiger partial charge in [-0.1, -0.05) is 18.2 Å². The lowest BCUT2D eigenvalue weighted by molar-refractivity contribution is 0.293. The smallest absolute Gasteiger partial charge is 0.253 e. The Morgan fingerprint density at radius 2 is 2.16 bits per heavy atom. The minimum Gasteiger partial charge on any atom is -0.491 e. The second-order valence-corrected chi connectivity index (χ2v) is 4.22. The molecule has 2 aromatic rings. The number of hydrogen-bond acceptors (Lipinski definition) is 4. The zero-order chi connectivity index (χ0) is 13.7. The number of nitrogens with two attached hydrogens (primary N) is 1. The Morgan fingerprint density at radius 3 is 2.89 bits per heavy atom. The van der Waals surface area contributed by atoms with Crippen molar-refractivity contribution < 1.29 is 4.74 Å². The van der Waals surface area contributed by atoms with Gasteiger partial charge < -0.3 is 10.5 Å². The molecule has 0 spiro atoms. The normalized spacial score (nSPS) is 10.4. The van der Waals surface area contributed by atoms with E-state index >= 15 is 0 Å². The maximum atomic E-state index is 11.7. The van der Waals surface area contributed by atoms with Gasteiger partial charge in [0.25, 0.3) is 5.56 Å². The van der Waals surface area contributed by atoms with Crippen LogP contribution in [0.3, 0.4) is 0 Å². The first-order valence-electron chi connectivity index (χ1n) is 6.14. The Kier molecular flexibility index (Phi) is 4.30. The number of aromatic nitrogens is 2. The van der Waals surface area contributed by atoms with Crippen molar-refractivity contribution in [2.75, 3.05) is 6.61 Å². The van der Waals surface area contributed by atoms with Crippen LogP contribution < -0.4 is 16.0 Å². The van der Waals surface area contributed by atoms with Crippen LogP contribution in [0.4, 0.5) is 0 Å². The van der Waals surface area contributed by atoms with Crippen LogP contribution in [-0.2, 0) is 13.1 Å². The topological polar surface area (TPSA) is 70.1 Å². The third-order valence-corrected chi connectivity index (χ3v) is 2.80. The highest BCUT2D eigenvalue weighted by Crippen LogP contribution is 2.16. The van der Waals surface area contributed by atoms with E-state index in [0.717, 1.165) is 17.0 Å². The lowest BCUT2D eigenvalue weighted by Gasteiger charge is -2.11. The van der Waals surface area contributed by atoms with Gasteiger partial charge in [0.05, 0.1) is 12.9 Å². The van der Waals surface area contributed by atoms with Crippen LogP contribution in [0.15, 0.2) is 41.5 Å². The SMILES string of the molecule is Cc1cc(=O)n(CCOc2ccccc2CN)cn1. The van der Waals surface area contributed by atoms with Gasteiger partial charge in [-0.3, -0.25) is 9.36 Å². The van der Waals surface area contributed by atoms with Crippen molar-refractivity contribution in [3.63, 3.8) is 0 Å². The fourth-order valence-electron chi connectivity index (χ4n) is 1.75. The zero-order valence-electron chi connectivity index (χ0n) is 10.9. The second kappa shape index (κ2) is 6.15. The Hall–Kier alpha value is -2.14. The van der Waals surface area contributed by atoms with E-state index in [9.17, 15) is 4.79 Å². The van der Waals surface area contributed by atoms with Crippen LogP contribution in [0.5, 0.6) is 5.75 Å². The molecule has 0 unspecified atom stereocenters. The Balaban J connectivity index is 1.98. The van der Waals surface area contributed by atoms with E-state index in [-0.39, 0.29) is 5.56 Å². The van der Waals surface area contributed by atoms with Gasteiger partial charge in [-0.05, 0) is 13.0 Å². The molecule has 19 heavy (non-hydrogen) atoms. The van der Waals surface area contributed by atoms with Gasteiger partial charge in [0.2, 0.25) is 0 Å². The number of hydrogen-bond donors (Lipinski definition) is 1. The van der Waals surface area contributed by atoms with Crippen molar-refractivity contribution in [1.29, 1.82) is 0 Å². The molecular weight excluding hydrogens is 242 g/mol. The summed E-state index contributed by atoms with van der Waals surface area (Å²) in [5, 5.41) is 0. The number of benzene rings is 1. The molecule has 0 amide bonds. The van der Waals surface area contributed by atoms with Crippen molar-refractivity contribution in [3.8, 4) is 5.75 Å². The number of aryl methyl sites for hydroxylation is 1. The number of rotatable bonds is 5. The van der Waals surface area contributed by atoms with Gasteiger partial charge in [-0.15, -0.1) is 0 Å². The van der Waals surface area contributed by atoms with Crippen molar-refractivity contribution >= 4 is 0 Å². The van der Waals surface area contributed by atoms with Crippen molar-refractivity contribution in [1.82, 2.24) is 9.55 Å². The van der Waals surface area contributed by atoms with Crippen LogP contribution in [0.1, 0.15) is 11.3 Å². The maximum absolute atomic E-state index is 11.7. The summed E-state index contributed by atoms with van der Waals surface area (Å²) < 4.78 is 7.18. The van der Waals surface area contributed by atoms with Crippen molar-refractivity contribution in [2.24, 2.45) is 5.73 Å². The van der Waals surface area contributed by atoms with Gasteiger partial charge in [0, 0.05) is 23.9 Å². The van der Waals surface area contributed by atoms with Crippen LogP contribution >= 0.6 is 0 Å². The van der Waals surface area contributed by atoms with E-state index in [1.165, 1.54) is 17.0 Å². The molecule has 1 aromatic carbocycles. The van der Waals surface area contributed by atoms with E-state index in [0.29, 0.717) is 19.7 Å². The first-order chi connectivity index (χ1) is 9.20. The fourth-order valence-corrected chi connectivity index (χ4v) is 1.75. The first kappa shape index (κ1) is 13.3. The number of nitrogens with zero attached hydrogens (tertiary/aromatic N) is 2. The maximum Gasteiger partial charge on any atom is 0.253 e. The number of ether oxygens (including phenoxy) is 1. The molecule has 2 N–H and O–H groups in total. The van der Waals surface area contributed by atoms with Crippen LogP contribution in [-0.4, -0.2) is 16.2 Å². The molecule has 1 aromatic heterocycles. The van der Waals surface area contributed by atoms with Gasteiger partial charge in [0.15, 0.2) is 0 Å². The molecule has 5 nitrogen and oxygen atoms in total. The Morgan fingerprint density at radius 1 is 1.37 bits per heavy atom. The predicted molar refractivity (Wildman–Crippen MR) is 73.1 cm³/mol. The van der Waals surface area contributed by atoms with Crippen LogP contribution in [0, 0.1) is 6.92 Å². The molecule has 0 saturated carbocycles. The summed E-state index contributed by atoms with van der Waals surface area (Å²) in [6, 6.07) is 9.12. The summed E-state index contributed by atoms with van der Waals surface area (Å²) >= 11 is 0. The third kappa shape index (κ3) is 3.42. The second-order valence-electron chi connectivity index (χ2n) is 4.22. The first-order valence-corrected chi connectivity index (χ1v) is 6.14. The molecule has 0 saturated heterocycles. The summed E-state index contributed by atoms with van der Waals surface area (Å²) in [5.74, 6) is 0.762. The van der Waals surface area contributed by atoms with Gasteiger partial charge in [-0.2, -0.15) is 0 Å². The van der Waals surface area contributed by atoms with E-state index in [1.807, 2.05) is 24.3 Å². The van der Waals surface area contributed by atoms with Crippen molar-refractivity contribution in [2.45, 2.75) is 20.0 Å². The van der Waals surface area contributed by atoms with Gasteiger partial charge in [0.1, 0.15) is 12.4 Å². The Bertz CT molecular complexity index is 608. The minimum atomic E-state index is -0.0665. The minimum absolute atomic E-state index is 0.0665. The largest absolute Gasteiger partial charge is 0.491 e. The fraction of sp³-hybridized carbons (Fsp3) is 0.286. The predicted octanol–water partition coefficient (Wildman–Crippen LogP) is 1.09. The van der Waals surface area contributed by atoms with Crippen molar-refractivity contribution in [3.05, 3.63) is 58.3 Å². The van der Waals surface area contributed by atoms with Gasteiger partial charge >= 0.3 is 0 Å². The lowest BCUT2D eigenvalue weighted by Crippen LogP contribution is -2.23. The molecule has 0 aliphatic rings. The standard InChI is InChI=1S/C14H17N3O2/c1-11-8-14(18)17(10-16-11)6-7-19-13-5-3-2-4-12(13)9-15/h2-5,8,10H,6-7,9,15H2,1H3. The molecule has 2 rings (SSSR count). The van der Waals surface area contributed by atoms with E-state index < -0.39 is 0 Å². The van der Waals surface area contributed by atoms with Gasteiger partial charge in [-0.25, -0.2) is 4.98 Å². The van der Waals surface area contributed by atoms with Crippen LogP contribution in [0.25, 0.3) is 0 Å². The highest BCUT2D eigenvalue weighted by Gasteiger charge is 2.02. The molecule has 0 aliphatic heterocycles. The summed E-state index contributed by atoms with van der Waals surface area (Å²) in [7, 11) is 0. The monoisotopic (exact) mass is 259 g/mol. The molecule has 0 radical (unpaired) electrons. The van der Waals surface area contributed by atoms with Crippen LogP contribution in [0.2, 0.25) is 0 Å². The molecule has 0 atom stereocenters. The van der Waals surface area contributed by atoms with E-state index in [2.05, 4.69) is 4.98 Å². The summed E-state index contributed by atoms with van der Waals surface area (Å²) in [6.07, 6.45) is 1.54. The highest BCUT2D eigenvalue weighted by atomic mass is 16.5. The molecule has 0 aliphatic carbocycles. The average molecular weight is 259 g/mol. The quantitative estimate of drug-likeness (QED) is 0.872. The van der Waals surface area contributed by atoms with E-state index in [4.69, 9.17) is 10.5 Å². The molecule has 100 valence electrons. The summed E-state index contributed by atoms with van der Waals surface area (Å²) in [5.41, 5.74) is 7.24. The highest BCUT2D eigenvalue weighted by molar-refractivity contribution is 5.32. The van der Waals surface area contributed by atoms with E-state index in [1.54, 1.807) is 6.92 Å². The molecule has 5 heteroatoms. The zero-order valence-corrected chi connectivity index (χ0v) is 10.9. The molecule has 0 fully saturated rings. The molecular formula is C14H17N3O2. The average Bonchev–Trinajstić information content (AvgIpc) is 2.42. The number of para-hydroxylation sites is 1. The third-order valence-electron chi connectivity index (χ3n) is 2.80. The molecule has 1 heterocycles. The summed E-state index contributed by atoms with van der Waals surface area (Å²) in [4.78, 5) is 15.7.